The Bertz CT molecular complexity index is 837. The highest BCUT2D eigenvalue weighted by molar-refractivity contribution is 7.22. The van der Waals surface area contributed by atoms with Gasteiger partial charge in [0.25, 0.3) is 0 Å². The van der Waals surface area contributed by atoms with E-state index in [2.05, 4.69) is 21.6 Å². The average Bonchev–Trinajstić information content (AvgIpc) is 3.04. The molecule has 3 rings (SSSR count). The van der Waals surface area contributed by atoms with Crippen LogP contribution in [0.5, 0.6) is 0 Å². The van der Waals surface area contributed by atoms with Gasteiger partial charge < -0.3 is 4.42 Å². The van der Waals surface area contributed by atoms with Gasteiger partial charge in [-0.1, -0.05) is 17.4 Å². The van der Waals surface area contributed by atoms with Crippen molar-refractivity contribution in [3.63, 3.8) is 0 Å². The van der Waals surface area contributed by atoms with E-state index >= 15 is 0 Å². The van der Waals surface area contributed by atoms with E-state index in [0.29, 0.717) is 10.9 Å². The first-order valence-electron chi connectivity index (χ1n) is 6.02. The van der Waals surface area contributed by atoms with Gasteiger partial charge in [0.05, 0.1) is 22.5 Å². The average molecular weight is 302 g/mol. The maximum absolute atomic E-state index is 10.5. The second-order valence-electron chi connectivity index (χ2n) is 4.29. The first-order valence-corrected chi connectivity index (χ1v) is 6.84. The molecule has 7 nitrogen and oxygen atoms in total. The Morgan fingerprint density at radius 3 is 3.05 bits per heavy atom. The molecule has 21 heavy (non-hydrogen) atoms. The van der Waals surface area contributed by atoms with Crippen LogP contribution in [0.3, 0.4) is 0 Å². The Morgan fingerprint density at radius 2 is 2.29 bits per heavy atom. The first kappa shape index (κ1) is 13.3. The summed E-state index contributed by atoms with van der Waals surface area (Å²) in [5.41, 5.74) is 4.86. The normalized spacial score (nSPS) is 11.3. The van der Waals surface area contributed by atoms with Crippen LogP contribution in [0.15, 0.2) is 39.9 Å². The molecule has 0 unspecified atom stereocenters. The summed E-state index contributed by atoms with van der Waals surface area (Å²) in [6, 6.07) is 8.76. The maximum atomic E-state index is 10.5. The number of anilines is 1. The summed E-state index contributed by atoms with van der Waals surface area (Å²) >= 11 is 1.48. The molecular weight excluding hydrogens is 292 g/mol. The number of nitro groups is 1. The number of rotatable bonds is 4. The van der Waals surface area contributed by atoms with Gasteiger partial charge in [0.1, 0.15) is 4.92 Å². The minimum absolute atomic E-state index is 0.297. The molecule has 0 spiro atoms. The van der Waals surface area contributed by atoms with E-state index in [-0.39, 0.29) is 5.88 Å². The second-order valence-corrected chi connectivity index (χ2v) is 5.32. The van der Waals surface area contributed by atoms with Gasteiger partial charge in [-0.05, 0) is 30.7 Å². The van der Waals surface area contributed by atoms with E-state index in [1.54, 1.807) is 0 Å². The summed E-state index contributed by atoms with van der Waals surface area (Å²) in [4.78, 5) is 14.3. The number of thiazole rings is 1. The van der Waals surface area contributed by atoms with Gasteiger partial charge in [-0.25, -0.2) is 4.98 Å². The number of furan rings is 1. The molecule has 3 aromatic rings. The molecule has 1 aromatic carbocycles. The molecule has 0 fully saturated rings. The van der Waals surface area contributed by atoms with Crippen molar-refractivity contribution in [3.8, 4) is 0 Å². The van der Waals surface area contributed by atoms with Crippen LogP contribution in [0.2, 0.25) is 0 Å². The van der Waals surface area contributed by atoms with Crippen LogP contribution in [0.1, 0.15) is 11.3 Å². The predicted molar refractivity (Wildman–Crippen MR) is 80.9 cm³/mol. The third kappa shape index (κ3) is 2.90. The molecule has 2 heterocycles. The quantitative estimate of drug-likeness (QED) is 0.452. The van der Waals surface area contributed by atoms with Crippen LogP contribution < -0.4 is 5.43 Å². The summed E-state index contributed by atoms with van der Waals surface area (Å²) in [6.45, 7) is 2.02. The lowest BCUT2D eigenvalue weighted by atomic mass is 10.2. The van der Waals surface area contributed by atoms with E-state index in [9.17, 15) is 10.1 Å². The molecule has 0 aliphatic heterocycles. The highest BCUT2D eigenvalue weighted by Gasteiger charge is 2.10. The zero-order valence-electron chi connectivity index (χ0n) is 10.9. The zero-order chi connectivity index (χ0) is 14.8. The molecule has 0 aliphatic carbocycles. The number of benzene rings is 1. The Hall–Kier alpha value is -2.74. The predicted octanol–water partition coefficient (Wildman–Crippen LogP) is 3.55. The van der Waals surface area contributed by atoms with Gasteiger partial charge in [0, 0.05) is 0 Å². The molecule has 0 radical (unpaired) electrons. The van der Waals surface area contributed by atoms with Crippen LogP contribution in [-0.2, 0) is 0 Å². The molecule has 0 saturated heterocycles. The van der Waals surface area contributed by atoms with Crippen molar-refractivity contribution in [1.82, 2.24) is 4.98 Å². The van der Waals surface area contributed by atoms with Crippen LogP contribution in [0, 0.1) is 17.0 Å². The lowest BCUT2D eigenvalue weighted by Gasteiger charge is -1.90. The van der Waals surface area contributed by atoms with Gasteiger partial charge in [0.15, 0.2) is 5.76 Å². The Kier molecular flexibility index (Phi) is 3.36. The highest BCUT2D eigenvalue weighted by atomic mass is 32.1. The number of aryl methyl sites for hydroxylation is 1. The van der Waals surface area contributed by atoms with Crippen molar-refractivity contribution in [2.24, 2.45) is 5.10 Å². The minimum Gasteiger partial charge on any atom is -0.400 e. The Balaban J connectivity index is 1.73. The summed E-state index contributed by atoms with van der Waals surface area (Å²) in [5.74, 6) is -0.0157. The molecule has 2 aromatic heterocycles. The van der Waals surface area contributed by atoms with E-state index in [4.69, 9.17) is 4.42 Å². The number of nitrogens with zero attached hydrogens (tertiary/aromatic N) is 3. The van der Waals surface area contributed by atoms with Crippen molar-refractivity contribution in [3.05, 3.63) is 51.8 Å². The lowest BCUT2D eigenvalue weighted by molar-refractivity contribution is -0.402. The smallest absolute Gasteiger partial charge is 0.400 e. The van der Waals surface area contributed by atoms with Gasteiger partial charge in [0.2, 0.25) is 5.13 Å². The van der Waals surface area contributed by atoms with E-state index in [1.807, 2.05) is 19.1 Å². The van der Waals surface area contributed by atoms with Crippen LogP contribution in [-0.4, -0.2) is 16.1 Å². The van der Waals surface area contributed by atoms with Crippen molar-refractivity contribution < 1.29 is 9.34 Å². The van der Waals surface area contributed by atoms with Gasteiger partial charge in [-0.3, -0.25) is 15.5 Å². The Labute approximate surface area is 123 Å². The van der Waals surface area contributed by atoms with E-state index in [0.717, 1.165) is 10.2 Å². The molecular formula is C13H10N4O3S. The first-order chi connectivity index (χ1) is 10.1. The molecule has 0 bridgehead atoms. The molecule has 8 heteroatoms. The Morgan fingerprint density at radius 1 is 1.43 bits per heavy atom. The van der Waals surface area contributed by atoms with Crippen molar-refractivity contribution in [1.29, 1.82) is 0 Å². The van der Waals surface area contributed by atoms with Crippen LogP contribution >= 0.6 is 11.3 Å². The van der Waals surface area contributed by atoms with E-state index in [1.165, 1.54) is 35.2 Å². The van der Waals surface area contributed by atoms with E-state index < -0.39 is 4.92 Å². The van der Waals surface area contributed by atoms with Crippen molar-refractivity contribution in [2.75, 3.05) is 5.43 Å². The number of fused-ring (bicyclic) bond motifs is 1. The van der Waals surface area contributed by atoms with Crippen molar-refractivity contribution in [2.45, 2.75) is 6.92 Å². The van der Waals surface area contributed by atoms with Crippen LogP contribution in [0.4, 0.5) is 11.0 Å². The zero-order valence-corrected chi connectivity index (χ0v) is 11.8. The molecule has 0 aliphatic rings. The number of nitrogens with one attached hydrogen (secondary N) is 1. The third-order valence-corrected chi connectivity index (χ3v) is 3.61. The fraction of sp³-hybridized carbons (Fsp3) is 0.0769. The lowest BCUT2D eigenvalue weighted by Crippen LogP contribution is -1.88. The maximum Gasteiger partial charge on any atom is 0.433 e. The number of hydrogen-bond donors (Lipinski definition) is 1. The molecule has 106 valence electrons. The fourth-order valence-electron chi connectivity index (χ4n) is 1.74. The number of aromatic nitrogens is 1. The standard InChI is InChI=1S/C13H10N4O3S/c1-8-2-4-10-11(6-8)21-13(15-10)16-14-7-9-3-5-12(20-9)17(18)19/h2-7H,1H3,(H,15,16)/b14-7-. The monoisotopic (exact) mass is 302 g/mol. The summed E-state index contributed by atoms with van der Waals surface area (Å²) in [7, 11) is 0. The van der Waals surface area contributed by atoms with Gasteiger partial charge in [-0.2, -0.15) is 5.10 Å². The number of hydrogen-bond acceptors (Lipinski definition) is 7. The topological polar surface area (TPSA) is 93.6 Å². The largest absolute Gasteiger partial charge is 0.433 e. The fourth-order valence-corrected chi connectivity index (χ4v) is 2.65. The van der Waals surface area contributed by atoms with Gasteiger partial charge in [-0.15, -0.1) is 0 Å². The number of hydrazone groups is 1. The summed E-state index contributed by atoms with van der Waals surface area (Å²) in [5, 5.41) is 15.1. The SMILES string of the molecule is Cc1ccc2nc(N/N=C\c3ccc([N+](=O)[O-])o3)sc2c1. The summed E-state index contributed by atoms with van der Waals surface area (Å²) in [6.07, 6.45) is 1.37. The molecule has 0 amide bonds. The summed E-state index contributed by atoms with van der Waals surface area (Å²) < 4.78 is 6.02. The van der Waals surface area contributed by atoms with Crippen LogP contribution in [0.25, 0.3) is 10.2 Å². The van der Waals surface area contributed by atoms with Gasteiger partial charge >= 0.3 is 5.88 Å². The van der Waals surface area contributed by atoms with Crippen molar-refractivity contribution >= 4 is 38.8 Å². The highest BCUT2D eigenvalue weighted by Crippen LogP contribution is 2.26. The second kappa shape index (κ2) is 5.33. The molecule has 0 saturated carbocycles. The molecule has 1 N–H and O–H groups in total. The third-order valence-electron chi connectivity index (χ3n) is 2.69. The minimum atomic E-state index is -0.597. The molecule has 0 atom stereocenters.